The number of carbonyl (C=O) groups is 3. The second-order valence-corrected chi connectivity index (χ2v) is 20.2. The molecule has 0 aliphatic rings. The Morgan fingerprint density at radius 2 is 0.557 bits per heavy atom. The van der Waals surface area contributed by atoms with Crippen molar-refractivity contribution in [3.05, 3.63) is 60.8 Å². The molecule has 0 saturated carbocycles. The van der Waals surface area contributed by atoms with Crippen LogP contribution >= 0.6 is 0 Å². The summed E-state index contributed by atoms with van der Waals surface area (Å²) in [7, 11) is 0. The van der Waals surface area contributed by atoms with E-state index < -0.39 is 6.10 Å². The molecule has 70 heavy (non-hydrogen) atoms. The van der Waals surface area contributed by atoms with Crippen LogP contribution < -0.4 is 0 Å². The third kappa shape index (κ3) is 56.0. The number of hydrogen-bond donors (Lipinski definition) is 0. The lowest BCUT2D eigenvalue weighted by Gasteiger charge is -2.18. The fourth-order valence-electron chi connectivity index (χ4n) is 8.72. The van der Waals surface area contributed by atoms with E-state index in [0.29, 0.717) is 19.3 Å². The summed E-state index contributed by atoms with van der Waals surface area (Å²) in [4.78, 5) is 38.2. The van der Waals surface area contributed by atoms with E-state index in [-0.39, 0.29) is 31.1 Å². The minimum absolute atomic E-state index is 0.0801. The zero-order valence-corrected chi connectivity index (χ0v) is 46.5. The van der Waals surface area contributed by atoms with Gasteiger partial charge in [0, 0.05) is 19.3 Å². The molecule has 0 aromatic rings. The molecule has 1 atom stereocenters. The fourth-order valence-corrected chi connectivity index (χ4v) is 8.72. The SMILES string of the molecule is CC/C=C\C/C=C\C/C=C\CCCCCCCCCC(=O)OC(COC(=O)CCCCCCC/C=C\C/C=C\CCCCCC)COC(=O)CCCCCCCCCCCCCCCCCCCCC. The highest BCUT2D eigenvalue weighted by Gasteiger charge is 2.19. The van der Waals surface area contributed by atoms with Gasteiger partial charge in [0.25, 0.3) is 0 Å². The van der Waals surface area contributed by atoms with Crippen molar-refractivity contribution in [2.45, 2.75) is 316 Å². The number of ether oxygens (including phenoxy) is 3. The Morgan fingerprint density at radius 3 is 0.886 bits per heavy atom. The van der Waals surface area contributed by atoms with Gasteiger partial charge in [-0.2, -0.15) is 0 Å². The van der Waals surface area contributed by atoms with Crippen molar-refractivity contribution in [2.75, 3.05) is 13.2 Å². The summed E-state index contributed by atoms with van der Waals surface area (Å²) < 4.78 is 16.9. The molecule has 0 N–H and O–H groups in total. The van der Waals surface area contributed by atoms with Gasteiger partial charge >= 0.3 is 17.9 Å². The first kappa shape index (κ1) is 67.1. The fraction of sp³-hybridized carbons (Fsp3) is 0.797. The Balaban J connectivity index is 4.37. The number of esters is 3. The molecule has 0 rings (SSSR count). The molecule has 0 aromatic heterocycles. The normalized spacial score (nSPS) is 12.4. The lowest BCUT2D eigenvalue weighted by molar-refractivity contribution is -0.167. The second-order valence-electron chi connectivity index (χ2n) is 20.2. The molecule has 406 valence electrons. The average molecular weight is 980 g/mol. The van der Waals surface area contributed by atoms with Crippen LogP contribution in [0.15, 0.2) is 60.8 Å². The Morgan fingerprint density at radius 1 is 0.300 bits per heavy atom. The highest BCUT2D eigenvalue weighted by atomic mass is 16.6. The van der Waals surface area contributed by atoms with Crippen molar-refractivity contribution in [2.24, 2.45) is 0 Å². The van der Waals surface area contributed by atoms with Gasteiger partial charge in [-0.15, -0.1) is 0 Å². The number of unbranched alkanes of at least 4 members (excludes halogenated alkanes) is 34. The van der Waals surface area contributed by atoms with Gasteiger partial charge in [-0.1, -0.05) is 268 Å². The Bertz CT molecular complexity index is 1260. The number of allylic oxidation sites excluding steroid dienone is 10. The van der Waals surface area contributed by atoms with E-state index in [4.69, 9.17) is 14.2 Å². The van der Waals surface area contributed by atoms with E-state index in [1.165, 1.54) is 167 Å². The van der Waals surface area contributed by atoms with Gasteiger partial charge in [-0.3, -0.25) is 14.4 Å². The first-order valence-electron chi connectivity index (χ1n) is 30.3. The van der Waals surface area contributed by atoms with Crippen LogP contribution in [0.4, 0.5) is 0 Å². The van der Waals surface area contributed by atoms with Crippen LogP contribution in [0.1, 0.15) is 310 Å². The van der Waals surface area contributed by atoms with Crippen molar-refractivity contribution in [1.29, 1.82) is 0 Å². The highest BCUT2D eigenvalue weighted by molar-refractivity contribution is 5.71. The van der Waals surface area contributed by atoms with Crippen molar-refractivity contribution >= 4 is 17.9 Å². The first-order chi connectivity index (χ1) is 34.5. The Hall–Kier alpha value is -2.89. The topological polar surface area (TPSA) is 78.9 Å². The molecule has 0 saturated heterocycles. The summed E-state index contributed by atoms with van der Waals surface area (Å²) in [5.74, 6) is -0.889. The average Bonchev–Trinajstić information content (AvgIpc) is 3.36. The summed E-state index contributed by atoms with van der Waals surface area (Å²) in [6.45, 7) is 6.53. The summed E-state index contributed by atoms with van der Waals surface area (Å²) in [5, 5.41) is 0. The molecule has 0 radical (unpaired) electrons. The maximum atomic E-state index is 12.9. The summed E-state index contributed by atoms with van der Waals surface area (Å²) in [6.07, 6.45) is 73.6. The number of hydrogen-bond acceptors (Lipinski definition) is 6. The van der Waals surface area contributed by atoms with Crippen molar-refractivity contribution in [3.63, 3.8) is 0 Å². The molecule has 1 unspecified atom stereocenters. The molecule has 0 spiro atoms. The van der Waals surface area contributed by atoms with Gasteiger partial charge in [-0.25, -0.2) is 0 Å². The third-order valence-corrected chi connectivity index (χ3v) is 13.3. The van der Waals surface area contributed by atoms with Crippen LogP contribution in [0.5, 0.6) is 0 Å². The van der Waals surface area contributed by atoms with Crippen LogP contribution in [0.2, 0.25) is 0 Å². The standard InChI is InChI=1S/C64H114O6/c1-4-7-10-13-16-19-22-25-28-31-32-34-36-39-42-45-48-51-54-57-63(66)69-60-61(59-68-62(65)56-53-50-47-44-41-38-35-30-27-24-21-18-15-12-9-6-3)70-64(67)58-55-52-49-46-43-40-37-33-29-26-23-20-17-14-11-8-5-2/h8,11,17,20-21,24,26,29-30,35,61H,4-7,9-10,12-16,18-19,22-23,25,27-28,31-34,36-60H2,1-3H3/b11-8-,20-17-,24-21-,29-26-,35-30-. The summed E-state index contributed by atoms with van der Waals surface area (Å²) in [6, 6.07) is 0. The Kier molecular flexibility index (Phi) is 56.3. The molecule has 6 nitrogen and oxygen atoms in total. The zero-order valence-electron chi connectivity index (χ0n) is 46.5. The van der Waals surface area contributed by atoms with Crippen molar-refractivity contribution in [3.8, 4) is 0 Å². The minimum atomic E-state index is -0.784. The van der Waals surface area contributed by atoms with Gasteiger partial charge in [0.05, 0.1) is 0 Å². The van der Waals surface area contributed by atoms with E-state index in [9.17, 15) is 14.4 Å². The van der Waals surface area contributed by atoms with E-state index >= 15 is 0 Å². The molecule has 0 aromatic carbocycles. The lowest BCUT2D eigenvalue weighted by Crippen LogP contribution is -2.30. The van der Waals surface area contributed by atoms with Crippen molar-refractivity contribution in [1.82, 2.24) is 0 Å². The quantitative estimate of drug-likeness (QED) is 0.0261. The van der Waals surface area contributed by atoms with Gasteiger partial charge in [0.1, 0.15) is 13.2 Å². The van der Waals surface area contributed by atoms with Crippen LogP contribution in [0.3, 0.4) is 0 Å². The molecular formula is C64H114O6. The molecule has 0 bridgehead atoms. The Labute approximate surface area is 434 Å². The summed E-state index contributed by atoms with van der Waals surface area (Å²) in [5.41, 5.74) is 0. The minimum Gasteiger partial charge on any atom is -0.462 e. The van der Waals surface area contributed by atoms with E-state index in [2.05, 4.69) is 81.5 Å². The third-order valence-electron chi connectivity index (χ3n) is 13.3. The number of carbonyl (C=O) groups excluding carboxylic acids is 3. The van der Waals surface area contributed by atoms with E-state index in [1.807, 2.05) is 0 Å². The van der Waals surface area contributed by atoms with Gasteiger partial charge < -0.3 is 14.2 Å². The molecule has 6 heteroatoms. The predicted molar refractivity (Wildman–Crippen MR) is 302 cm³/mol. The van der Waals surface area contributed by atoms with Crippen LogP contribution in [-0.4, -0.2) is 37.2 Å². The van der Waals surface area contributed by atoms with Gasteiger partial charge in [0.15, 0.2) is 6.10 Å². The molecule has 0 aliphatic carbocycles. The highest BCUT2D eigenvalue weighted by Crippen LogP contribution is 2.17. The maximum absolute atomic E-state index is 12.9. The molecule has 0 amide bonds. The molecule has 0 aliphatic heterocycles. The van der Waals surface area contributed by atoms with E-state index in [0.717, 1.165) is 103 Å². The second kappa shape index (κ2) is 58.7. The van der Waals surface area contributed by atoms with Crippen LogP contribution in [0, 0.1) is 0 Å². The van der Waals surface area contributed by atoms with Crippen LogP contribution in [-0.2, 0) is 28.6 Å². The van der Waals surface area contributed by atoms with Gasteiger partial charge in [0.2, 0.25) is 0 Å². The van der Waals surface area contributed by atoms with Gasteiger partial charge in [-0.05, 0) is 83.5 Å². The largest absolute Gasteiger partial charge is 0.462 e. The summed E-state index contributed by atoms with van der Waals surface area (Å²) >= 11 is 0. The smallest absolute Gasteiger partial charge is 0.306 e. The van der Waals surface area contributed by atoms with E-state index in [1.54, 1.807) is 0 Å². The maximum Gasteiger partial charge on any atom is 0.306 e. The molecule has 0 heterocycles. The zero-order chi connectivity index (χ0) is 50.7. The predicted octanol–water partition coefficient (Wildman–Crippen LogP) is 20.4. The molecular weight excluding hydrogens is 865 g/mol. The first-order valence-corrected chi connectivity index (χ1v) is 30.3. The monoisotopic (exact) mass is 979 g/mol. The number of rotatable bonds is 55. The van der Waals surface area contributed by atoms with Crippen LogP contribution in [0.25, 0.3) is 0 Å². The molecule has 0 fully saturated rings. The lowest BCUT2D eigenvalue weighted by atomic mass is 10.0. The van der Waals surface area contributed by atoms with Crippen molar-refractivity contribution < 1.29 is 28.6 Å².